The summed E-state index contributed by atoms with van der Waals surface area (Å²) in [5.41, 5.74) is 3.95. The Morgan fingerprint density at radius 2 is 2.15 bits per heavy atom. The Bertz CT molecular complexity index is 1040. The number of carbonyl (C=O) groups is 1. The molecule has 1 aliphatic rings. The van der Waals surface area contributed by atoms with Crippen LogP contribution in [0.15, 0.2) is 47.9 Å². The Morgan fingerprint density at radius 3 is 2.96 bits per heavy atom. The summed E-state index contributed by atoms with van der Waals surface area (Å²) in [5.74, 6) is -0.362. The molecule has 2 heterocycles. The summed E-state index contributed by atoms with van der Waals surface area (Å²) in [7, 11) is 0. The van der Waals surface area contributed by atoms with Crippen molar-refractivity contribution in [3.05, 3.63) is 75.7 Å². The topological polar surface area (TPSA) is 81.8 Å². The van der Waals surface area contributed by atoms with E-state index in [4.69, 9.17) is 0 Å². The number of hydrogen-bond donors (Lipinski definition) is 1. The maximum absolute atomic E-state index is 13.1. The molecule has 1 N–H and O–H groups in total. The van der Waals surface area contributed by atoms with Crippen molar-refractivity contribution >= 4 is 5.91 Å². The number of carbonyl (C=O) groups excluding carboxylic acids is 1. The van der Waals surface area contributed by atoms with Gasteiger partial charge in [0.1, 0.15) is 18.2 Å². The predicted octanol–water partition coefficient (Wildman–Crippen LogP) is 1.66. The Morgan fingerprint density at radius 1 is 1.26 bits per heavy atom. The van der Waals surface area contributed by atoms with Crippen molar-refractivity contribution in [2.45, 2.75) is 32.7 Å². The van der Waals surface area contributed by atoms with E-state index in [2.05, 4.69) is 21.5 Å². The van der Waals surface area contributed by atoms with E-state index in [0.717, 1.165) is 24.9 Å². The molecule has 2 aromatic heterocycles. The number of aryl methyl sites for hydroxylation is 2. The normalized spacial score (nSPS) is 12.8. The van der Waals surface area contributed by atoms with Crippen LogP contribution in [0.4, 0.5) is 0 Å². The fourth-order valence-corrected chi connectivity index (χ4v) is 3.64. The van der Waals surface area contributed by atoms with Gasteiger partial charge in [-0.1, -0.05) is 12.1 Å². The molecular formula is C20H21N5O2. The lowest BCUT2D eigenvalue weighted by Gasteiger charge is -2.14. The summed E-state index contributed by atoms with van der Waals surface area (Å²) in [5, 5.41) is 6.81. The van der Waals surface area contributed by atoms with Crippen molar-refractivity contribution in [1.29, 1.82) is 0 Å². The fourth-order valence-electron chi connectivity index (χ4n) is 3.64. The number of nitrogens with one attached hydrogen (secondary N) is 1. The summed E-state index contributed by atoms with van der Waals surface area (Å²) < 4.78 is 3.23. The number of amides is 1. The third kappa shape index (κ3) is 3.28. The Hall–Kier alpha value is -3.22. The highest BCUT2D eigenvalue weighted by Gasteiger charge is 2.20. The van der Waals surface area contributed by atoms with Crippen LogP contribution in [0.3, 0.4) is 0 Å². The van der Waals surface area contributed by atoms with Crippen LogP contribution in [-0.4, -0.2) is 31.8 Å². The number of nitrogens with zero attached hydrogens (tertiary/aromatic N) is 4. The van der Waals surface area contributed by atoms with E-state index in [9.17, 15) is 9.59 Å². The first-order valence-electron chi connectivity index (χ1n) is 9.09. The molecular weight excluding hydrogens is 342 g/mol. The molecule has 1 aliphatic carbocycles. The van der Waals surface area contributed by atoms with Crippen molar-refractivity contribution in [3.63, 3.8) is 0 Å². The van der Waals surface area contributed by atoms with Gasteiger partial charge in [0.15, 0.2) is 0 Å². The van der Waals surface area contributed by atoms with Crippen LogP contribution in [0.1, 0.15) is 33.5 Å². The maximum Gasteiger partial charge on any atom is 0.268 e. The van der Waals surface area contributed by atoms with Gasteiger partial charge in [0.25, 0.3) is 11.5 Å². The SMILES string of the molecule is Cc1ccn(-c2cccc3c2CCC3)c(=O)c1C(=O)NCCn1cncn1. The van der Waals surface area contributed by atoms with Crippen LogP contribution >= 0.6 is 0 Å². The minimum absolute atomic E-state index is 0.187. The molecule has 0 saturated carbocycles. The molecule has 3 aromatic rings. The molecule has 0 bridgehead atoms. The molecule has 4 rings (SSSR count). The summed E-state index contributed by atoms with van der Waals surface area (Å²) in [6, 6.07) is 7.86. The Kier molecular flexibility index (Phi) is 4.58. The molecule has 0 aliphatic heterocycles. The molecule has 7 nitrogen and oxygen atoms in total. The monoisotopic (exact) mass is 363 g/mol. The lowest BCUT2D eigenvalue weighted by molar-refractivity contribution is 0.0949. The average molecular weight is 363 g/mol. The van der Waals surface area contributed by atoms with Gasteiger partial charge in [-0.05, 0) is 55.0 Å². The van der Waals surface area contributed by atoms with Gasteiger partial charge < -0.3 is 5.32 Å². The van der Waals surface area contributed by atoms with Crippen molar-refractivity contribution in [3.8, 4) is 5.69 Å². The lowest BCUT2D eigenvalue weighted by atomic mass is 10.1. The predicted molar refractivity (Wildman–Crippen MR) is 101 cm³/mol. The van der Waals surface area contributed by atoms with Gasteiger partial charge in [0.2, 0.25) is 0 Å². The summed E-state index contributed by atoms with van der Waals surface area (Å²) in [6.07, 6.45) is 7.90. The second-order valence-electron chi connectivity index (χ2n) is 6.73. The van der Waals surface area contributed by atoms with E-state index in [1.807, 2.05) is 18.2 Å². The minimum atomic E-state index is -0.362. The van der Waals surface area contributed by atoms with Crippen LogP contribution in [0.2, 0.25) is 0 Å². The van der Waals surface area contributed by atoms with Gasteiger partial charge in [0, 0.05) is 12.7 Å². The highest BCUT2D eigenvalue weighted by atomic mass is 16.2. The molecule has 138 valence electrons. The molecule has 1 aromatic carbocycles. The van der Waals surface area contributed by atoms with Crippen molar-refractivity contribution in [2.75, 3.05) is 6.54 Å². The molecule has 0 saturated heterocycles. The first kappa shape index (κ1) is 17.2. The van der Waals surface area contributed by atoms with E-state index in [-0.39, 0.29) is 17.0 Å². The zero-order valence-electron chi connectivity index (χ0n) is 15.2. The molecule has 0 spiro atoms. The summed E-state index contributed by atoms with van der Waals surface area (Å²) in [6.45, 7) is 2.65. The summed E-state index contributed by atoms with van der Waals surface area (Å²) >= 11 is 0. The van der Waals surface area contributed by atoms with E-state index in [0.29, 0.717) is 18.7 Å². The molecule has 0 radical (unpaired) electrons. The molecule has 0 atom stereocenters. The first-order valence-corrected chi connectivity index (χ1v) is 9.09. The van der Waals surface area contributed by atoms with Crippen LogP contribution in [-0.2, 0) is 19.4 Å². The number of benzene rings is 1. The van der Waals surface area contributed by atoms with Gasteiger partial charge in [-0.15, -0.1) is 0 Å². The fraction of sp³-hybridized carbons (Fsp3) is 0.300. The quantitative estimate of drug-likeness (QED) is 0.747. The van der Waals surface area contributed by atoms with E-state index < -0.39 is 0 Å². The van der Waals surface area contributed by atoms with Crippen molar-refractivity contribution in [1.82, 2.24) is 24.6 Å². The second-order valence-corrected chi connectivity index (χ2v) is 6.73. The maximum atomic E-state index is 13.1. The number of fused-ring (bicyclic) bond motifs is 1. The van der Waals surface area contributed by atoms with Crippen molar-refractivity contribution in [2.24, 2.45) is 0 Å². The highest BCUT2D eigenvalue weighted by Crippen LogP contribution is 2.27. The molecule has 7 heteroatoms. The Balaban J connectivity index is 1.62. The summed E-state index contributed by atoms with van der Waals surface area (Å²) in [4.78, 5) is 29.6. The van der Waals surface area contributed by atoms with Gasteiger partial charge in [-0.2, -0.15) is 5.10 Å². The van der Waals surface area contributed by atoms with Crippen LogP contribution in [0.5, 0.6) is 0 Å². The van der Waals surface area contributed by atoms with Gasteiger partial charge in [-0.25, -0.2) is 4.98 Å². The third-order valence-corrected chi connectivity index (χ3v) is 5.00. The number of hydrogen-bond acceptors (Lipinski definition) is 4. The van der Waals surface area contributed by atoms with E-state index >= 15 is 0 Å². The average Bonchev–Trinajstić information content (AvgIpc) is 3.33. The smallest absolute Gasteiger partial charge is 0.268 e. The van der Waals surface area contributed by atoms with Gasteiger partial charge >= 0.3 is 0 Å². The lowest BCUT2D eigenvalue weighted by Crippen LogP contribution is -2.35. The number of rotatable bonds is 5. The molecule has 27 heavy (non-hydrogen) atoms. The Labute approximate surface area is 156 Å². The van der Waals surface area contributed by atoms with Crippen LogP contribution < -0.4 is 10.9 Å². The largest absolute Gasteiger partial charge is 0.350 e. The second kappa shape index (κ2) is 7.19. The standard InChI is InChI=1S/C20H21N5O2/c1-14-8-10-25(17-7-3-5-15-4-2-6-16(15)17)20(27)18(14)19(26)22-9-11-24-13-21-12-23-24/h3,5,7-8,10,12-13H,2,4,6,9,11H2,1H3,(H,22,26). The van der Waals surface area contributed by atoms with Crippen LogP contribution in [0.25, 0.3) is 5.69 Å². The van der Waals surface area contributed by atoms with Crippen LogP contribution in [0, 0.1) is 6.92 Å². The van der Waals surface area contributed by atoms with E-state index in [1.165, 1.54) is 17.5 Å². The zero-order valence-corrected chi connectivity index (χ0v) is 15.2. The highest BCUT2D eigenvalue weighted by molar-refractivity contribution is 5.95. The number of aromatic nitrogens is 4. The molecule has 0 fully saturated rings. The zero-order chi connectivity index (χ0) is 18.8. The van der Waals surface area contributed by atoms with Gasteiger partial charge in [0.05, 0.1) is 12.2 Å². The minimum Gasteiger partial charge on any atom is -0.350 e. The third-order valence-electron chi connectivity index (χ3n) is 5.00. The molecule has 0 unspecified atom stereocenters. The molecule has 1 amide bonds. The first-order chi connectivity index (χ1) is 13.1. The van der Waals surface area contributed by atoms with Crippen molar-refractivity contribution < 1.29 is 4.79 Å². The van der Waals surface area contributed by atoms with Gasteiger partial charge in [-0.3, -0.25) is 18.8 Å². The number of pyridine rings is 1. The van der Waals surface area contributed by atoms with E-state index in [1.54, 1.807) is 28.7 Å².